The molecule has 1 N–H and O–H groups in total. The molecule has 1 aliphatic carbocycles. The molecule has 1 aliphatic rings. The standard InChI is InChI=1S/C18H38N2O/c1-7-11-19-17-16(9-10-18(17,4)5)14-20(12-13-21-6)15(3)8-2/h15-17,19H,7-14H2,1-6H3. The highest BCUT2D eigenvalue weighted by atomic mass is 16.5. The fourth-order valence-electron chi connectivity index (χ4n) is 3.72. The van der Waals surface area contributed by atoms with Crippen LogP contribution in [0, 0.1) is 11.3 Å². The summed E-state index contributed by atoms with van der Waals surface area (Å²) in [6, 6.07) is 1.31. The van der Waals surface area contributed by atoms with Crippen molar-refractivity contribution in [1.29, 1.82) is 0 Å². The molecule has 3 heteroatoms. The van der Waals surface area contributed by atoms with Gasteiger partial charge in [0, 0.05) is 32.3 Å². The van der Waals surface area contributed by atoms with Gasteiger partial charge >= 0.3 is 0 Å². The molecular weight excluding hydrogens is 260 g/mol. The summed E-state index contributed by atoms with van der Waals surface area (Å²) < 4.78 is 5.31. The monoisotopic (exact) mass is 298 g/mol. The van der Waals surface area contributed by atoms with Crippen LogP contribution in [0.25, 0.3) is 0 Å². The summed E-state index contributed by atoms with van der Waals surface area (Å²) in [5.74, 6) is 0.775. The van der Waals surface area contributed by atoms with E-state index in [4.69, 9.17) is 4.74 Å². The Morgan fingerprint density at radius 2 is 2.05 bits per heavy atom. The summed E-state index contributed by atoms with van der Waals surface area (Å²) in [6.07, 6.45) is 5.14. The van der Waals surface area contributed by atoms with E-state index in [9.17, 15) is 0 Å². The molecule has 0 aromatic carbocycles. The minimum atomic E-state index is 0.433. The van der Waals surface area contributed by atoms with E-state index in [2.05, 4.69) is 44.8 Å². The average Bonchev–Trinajstić information content (AvgIpc) is 2.74. The summed E-state index contributed by atoms with van der Waals surface area (Å²) in [5.41, 5.74) is 0.433. The third-order valence-electron chi connectivity index (χ3n) is 5.35. The molecule has 0 bridgehead atoms. The first-order valence-electron chi connectivity index (χ1n) is 8.92. The second-order valence-corrected chi connectivity index (χ2v) is 7.46. The van der Waals surface area contributed by atoms with Gasteiger partial charge in [0.25, 0.3) is 0 Å². The van der Waals surface area contributed by atoms with E-state index in [0.717, 1.165) is 25.6 Å². The molecule has 1 fully saturated rings. The summed E-state index contributed by atoms with van der Waals surface area (Å²) in [5, 5.41) is 3.83. The highest BCUT2D eigenvalue weighted by Crippen LogP contribution is 2.41. The Kier molecular flexibility index (Phi) is 8.22. The number of nitrogens with zero attached hydrogens (tertiary/aromatic N) is 1. The first kappa shape index (κ1) is 18.9. The van der Waals surface area contributed by atoms with E-state index in [1.165, 1.54) is 32.2 Å². The average molecular weight is 299 g/mol. The molecule has 0 aromatic heterocycles. The van der Waals surface area contributed by atoms with Crippen LogP contribution in [0.2, 0.25) is 0 Å². The third-order valence-corrected chi connectivity index (χ3v) is 5.35. The highest BCUT2D eigenvalue weighted by molar-refractivity contribution is 4.97. The van der Waals surface area contributed by atoms with E-state index in [-0.39, 0.29) is 0 Å². The van der Waals surface area contributed by atoms with Crippen LogP contribution in [0.5, 0.6) is 0 Å². The minimum Gasteiger partial charge on any atom is -0.383 e. The number of nitrogens with one attached hydrogen (secondary N) is 1. The predicted octanol–water partition coefficient (Wildman–Crippen LogP) is 3.54. The summed E-state index contributed by atoms with van der Waals surface area (Å²) in [7, 11) is 1.80. The molecular formula is C18H38N2O. The zero-order valence-electron chi connectivity index (χ0n) is 15.2. The van der Waals surface area contributed by atoms with Crippen molar-refractivity contribution in [2.24, 2.45) is 11.3 Å². The maximum atomic E-state index is 5.31. The second kappa shape index (κ2) is 9.12. The zero-order chi connectivity index (χ0) is 15.9. The molecule has 3 unspecified atom stereocenters. The fraction of sp³-hybridized carbons (Fsp3) is 1.00. The highest BCUT2D eigenvalue weighted by Gasteiger charge is 2.42. The van der Waals surface area contributed by atoms with Gasteiger partial charge in [-0.1, -0.05) is 27.7 Å². The summed E-state index contributed by atoms with van der Waals surface area (Å²) >= 11 is 0. The lowest BCUT2D eigenvalue weighted by Crippen LogP contribution is -2.48. The quantitative estimate of drug-likeness (QED) is 0.667. The van der Waals surface area contributed by atoms with Gasteiger partial charge in [0.05, 0.1) is 6.61 Å². The van der Waals surface area contributed by atoms with Gasteiger partial charge in [-0.3, -0.25) is 4.90 Å². The molecule has 0 spiro atoms. The van der Waals surface area contributed by atoms with Crippen LogP contribution in [-0.4, -0.2) is 50.3 Å². The number of methoxy groups -OCH3 is 1. The molecule has 0 aromatic rings. The lowest BCUT2D eigenvalue weighted by Gasteiger charge is -2.36. The van der Waals surface area contributed by atoms with Crippen LogP contribution in [0.1, 0.15) is 60.3 Å². The lowest BCUT2D eigenvalue weighted by atomic mass is 9.84. The Labute approximate surface area is 132 Å². The van der Waals surface area contributed by atoms with Crippen molar-refractivity contribution in [1.82, 2.24) is 10.2 Å². The van der Waals surface area contributed by atoms with Crippen LogP contribution in [0.15, 0.2) is 0 Å². The molecule has 0 heterocycles. The number of hydrogen-bond acceptors (Lipinski definition) is 3. The number of ether oxygens (including phenoxy) is 1. The molecule has 1 rings (SSSR count). The summed E-state index contributed by atoms with van der Waals surface area (Å²) in [6.45, 7) is 16.0. The Hall–Kier alpha value is -0.120. The van der Waals surface area contributed by atoms with Crippen molar-refractivity contribution in [2.45, 2.75) is 72.4 Å². The molecule has 3 atom stereocenters. The first-order valence-corrected chi connectivity index (χ1v) is 8.92. The van der Waals surface area contributed by atoms with Crippen molar-refractivity contribution in [3.05, 3.63) is 0 Å². The van der Waals surface area contributed by atoms with E-state index < -0.39 is 0 Å². The van der Waals surface area contributed by atoms with Crippen molar-refractivity contribution in [2.75, 3.05) is 33.4 Å². The fourth-order valence-corrected chi connectivity index (χ4v) is 3.72. The van der Waals surface area contributed by atoms with Crippen LogP contribution >= 0.6 is 0 Å². The normalized spacial score (nSPS) is 26.4. The van der Waals surface area contributed by atoms with E-state index in [1.54, 1.807) is 7.11 Å². The Morgan fingerprint density at radius 3 is 2.62 bits per heavy atom. The minimum absolute atomic E-state index is 0.433. The van der Waals surface area contributed by atoms with Crippen LogP contribution in [-0.2, 0) is 4.74 Å². The first-order chi connectivity index (χ1) is 9.96. The number of rotatable bonds is 10. The SMILES string of the molecule is CCCNC1C(CN(CCOC)C(C)CC)CCC1(C)C. The van der Waals surface area contributed by atoms with E-state index >= 15 is 0 Å². The second-order valence-electron chi connectivity index (χ2n) is 7.46. The van der Waals surface area contributed by atoms with E-state index in [0.29, 0.717) is 17.5 Å². The van der Waals surface area contributed by atoms with Crippen molar-refractivity contribution in [3.63, 3.8) is 0 Å². The van der Waals surface area contributed by atoms with Gasteiger partial charge in [0.1, 0.15) is 0 Å². The van der Waals surface area contributed by atoms with Crippen LogP contribution in [0.4, 0.5) is 0 Å². The molecule has 21 heavy (non-hydrogen) atoms. The van der Waals surface area contributed by atoms with Crippen molar-refractivity contribution in [3.8, 4) is 0 Å². The van der Waals surface area contributed by atoms with Gasteiger partial charge in [0.15, 0.2) is 0 Å². The third kappa shape index (κ3) is 5.54. The van der Waals surface area contributed by atoms with Crippen LogP contribution in [0.3, 0.4) is 0 Å². The molecule has 1 saturated carbocycles. The Balaban J connectivity index is 2.66. The topological polar surface area (TPSA) is 24.5 Å². The van der Waals surface area contributed by atoms with Crippen LogP contribution < -0.4 is 5.32 Å². The molecule has 0 aliphatic heterocycles. The van der Waals surface area contributed by atoms with Crippen molar-refractivity contribution < 1.29 is 4.74 Å². The van der Waals surface area contributed by atoms with Gasteiger partial charge in [-0.2, -0.15) is 0 Å². The van der Waals surface area contributed by atoms with Crippen molar-refractivity contribution >= 4 is 0 Å². The van der Waals surface area contributed by atoms with Gasteiger partial charge in [-0.25, -0.2) is 0 Å². The Bertz CT molecular complexity index is 280. The molecule has 0 amide bonds. The molecule has 3 nitrogen and oxygen atoms in total. The summed E-state index contributed by atoms with van der Waals surface area (Å²) in [4.78, 5) is 2.64. The smallest absolute Gasteiger partial charge is 0.0589 e. The molecule has 0 saturated heterocycles. The van der Waals surface area contributed by atoms with Gasteiger partial charge in [-0.15, -0.1) is 0 Å². The Morgan fingerprint density at radius 1 is 1.33 bits per heavy atom. The lowest BCUT2D eigenvalue weighted by molar-refractivity contribution is 0.100. The maximum absolute atomic E-state index is 5.31. The van der Waals surface area contributed by atoms with E-state index in [1.807, 2.05) is 0 Å². The molecule has 0 radical (unpaired) electrons. The number of hydrogen-bond donors (Lipinski definition) is 1. The largest absolute Gasteiger partial charge is 0.383 e. The predicted molar refractivity (Wildman–Crippen MR) is 91.8 cm³/mol. The van der Waals surface area contributed by atoms with Gasteiger partial charge < -0.3 is 10.1 Å². The molecule has 126 valence electrons. The van der Waals surface area contributed by atoms with Gasteiger partial charge in [0.2, 0.25) is 0 Å². The zero-order valence-corrected chi connectivity index (χ0v) is 15.2. The van der Waals surface area contributed by atoms with Gasteiger partial charge in [-0.05, 0) is 50.5 Å². The maximum Gasteiger partial charge on any atom is 0.0589 e.